The van der Waals surface area contributed by atoms with Crippen molar-refractivity contribution in [2.45, 2.75) is 59.4 Å². The first-order chi connectivity index (χ1) is 5.93. The van der Waals surface area contributed by atoms with E-state index in [1.807, 2.05) is 13.8 Å². The van der Waals surface area contributed by atoms with Gasteiger partial charge in [0, 0.05) is 11.5 Å². The molecule has 1 unspecified atom stereocenters. The number of carbonyl (C=O) groups excluding carboxylic acids is 1. The Balaban J connectivity index is 4.03. The molecule has 0 radical (unpaired) electrons. The fourth-order valence-electron chi connectivity index (χ4n) is 1.33. The summed E-state index contributed by atoms with van der Waals surface area (Å²) in [6.45, 7) is 10.3. The summed E-state index contributed by atoms with van der Waals surface area (Å²) in [6.07, 6.45) is 3.05. The lowest BCUT2D eigenvalue weighted by Gasteiger charge is -2.27. The fourth-order valence-corrected chi connectivity index (χ4v) is 1.33. The van der Waals surface area contributed by atoms with Gasteiger partial charge in [0.2, 0.25) is 5.91 Å². The molecule has 78 valence electrons. The van der Waals surface area contributed by atoms with Crippen molar-refractivity contribution in [3.05, 3.63) is 0 Å². The first kappa shape index (κ1) is 12.5. The van der Waals surface area contributed by atoms with Crippen LogP contribution in [-0.2, 0) is 4.79 Å². The van der Waals surface area contributed by atoms with Crippen molar-refractivity contribution in [3.8, 4) is 0 Å². The van der Waals surface area contributed by atoms with E-state index in [9.17, 15) is 4.79 Å². The van der Waals surface area contributed by atoms with Crippen LogP contribution in [0.4, 0.5) is 0 Å². The highest BCUT2D eigenvalue weighted by molar-refractivity contribution is 5.78. The third kappa shape index (κ3) is 4.91. The first-order valence-electron chi connectivity index (χ1n) is 5.25. The van der Waals surface area contributed by atoms with Crippen molar-refractivity contribution >= 4 is 5.91 Å². The van der Waals surface area contributed by atoms with Crippen LogP contribution in [-0.4, -0.2) is 11.4 Å². The molecule has 0 heterocycles. The normalized spacial score (nSPS) is 13.9. The quantitative estimate of drug-likeness (QED) is 0.701. The molecule has 0 aliphatic carbocycles. The summed E-state index contributed by atoms with van der Waals surface area (Å²) in [5.41, 5.74) is -0.0464. The Morgan fingerprint density at radius 1 is 1.38 bits per heavy atom. The molecule has 0 aliphatic heterocycles. The highest BCUT2D eigenvalue weighted by Gasteiger charge is 2.21. The number of hydrogen-bond donors (Lipinski definition) is 1. The summed E-state index contributed by atoms with van der Waals surface area (Å²) < 4.78 is 0. The van der Waals surface area contributed by atoms with Crippen molar-refractivity contribution in [3.63, 3.8) is 0 Å². The van der Waals surface area contributed by atoms with Gasteiger partial charge in [-0.3, -0.25) is 4.79 Å². The first-order valence-corrected chi connectivity index (χ1v) is 5.25. The molecular weight excluding hydrogens is 162 g/mol. The zero-order chi connectivity index (χ0) is 10.5. The molecular formula is C11H23NO. The number of hydrogen-bond acceptors (Lipinski definition) is 1. The molecule has 2 nitrogen and oxygen atoms in total. The molecule has 0 spiro atoms. The Hall–Kier alpha value is -0.530. The van der Waals surface area contributed by atoms with E-state index in [0.29, 0.717) is 0 Å². The Labute approximate surface area is 82.1 Å². The average Bonchev–Trinajstić information content (AvgIpc) is 2.01. The van der Waals surface area contributed by atoms with Gasteiger partial charge in [0.05, 0.1) is 0 Å². The maximum atomic E-state index is 11.6. The van der Waals surface area contributed by atoms with Crippen molar-refractivity contribution in [2.24, 2.45) is 5.92 Å². The minimum Gasteiger partial charge on any atom is -0.351 e. The molecule has 2 heteroatoms. The van der Waals surface area contributed by atoms with Crippen LogP contribution in [0.3, 0.4) is 0 Å². The third-order valence-electron chi connectivity index (χ3n) is 2.40. The van der Waals surface area contributed by atoms with Gasteiger partial charge in [-0.15, -0.1) is 0 Å². The molecule has 0 aromatic carbocycles. The highest BCUT2D eigenvalue weighted by Crippen LogP contribution is 2.12. The van der Waals surface area contributed by atoms with Gasteiger partial charge in [-0.05, 0) is 26.7 Å². The van der Waals surface area contributed by atoms with E-state index >= 15 is 0 Å². The van der Waals surface area contributed by atoms with Gasteiger partial charge < -0.3 is 5.32 Å². The topological polar surface area (TPSA) is 29.1 Å². The zero-order valence-corrected chi connectivity index (χ0v) is 9.61. The SMILES string of the molecule is CCCC(C)(C)NC(=O)C(C)CC. The van der Waals surface area contributed by atoms with Crippen LogP contribution < -0.4 is 5.32 Å². The molecule has 0 fully saturated rings. The molecule has 0 aromatic heterocycles. The largest absolute Gasteiger partial charge is 0.351 e. The van der Waals surface area contributed by atoms with Gasteiger partial charge in [0.1, 0.15) is 0 Å². The maximum Gasteiger partial charge on any atom is 0.223 e. The number of carbonyl (C=O) groups is 1. The van der Waals surface area contributed by atoms with E-state index in [2.05, 4.69) is 26.1 Å². The van der Waals surface area contributed by atoms with Crippen LogP contribution in [0, 0.1) is 5.92 Å². The predicted octanol–water partition coefficient (Wildman–Crippen LogP) is 2.73. The zero-order valence-electron chi connectivity index (χ0n) is 9.61. The summed E-state index contributed by atoms with van der Waals surface area (Å²) in [5.74, 6) is 0.317. The molecule has 0 bridgehead atoms. The number of amides is 1. The highest BCUT2D eigenvalue weighted by atomic mass is 16.2. The van der Waals surface area contributed by atoms with E-state index in [1.165, 1.54) is 0 Å². The molecule has 0 aromatic rings. The average molecular weight is 185 g/mol. The van der Waals surface area contributed by atoms with Crippen LogP contribution in [0.15, 0.2) is 0 Å². The van der Waals surface area contributed by atoms with E-state index < -0.39 is 0 Å². The second-order valence-electron chi connectivity index (χ2n) is 4.43. The molecule has 1 atom stereocenters. The smallest absolute Gasteiger partial charge is 0.223 e. The Kier molecular flexibility index (Phi) is 5.04. The monoisotopic (exact) mass is 185 g/mol. The summed E-state index contributed by atoms with van der Waals surface area (Å²) >= 11 is 0. The molecule has 1 amide bonds. The minimum atomic E-state index is -0.0464. The van der Waals surface area contributed by atoms with Gasteiger partial charge in [0.25, 0.3) is 0 Å². The predicted molar refractivity (Wildman–Crippen MR) is 56.6 cm³/mol. The van der Waals surface area contributed by atoms with Crippen LogP contribution in [0.5, 0.6) is 0 Å². The van der Waals surface area contributed by atoms with Crippen molar-refractivity contribution in [1.82, 2.24) is 5.32 Å². The van der Waals surface area contributed by atoms with Crippen LogP contribution in [0.1, 0.15) is 53.9 Å². The molecule has 0 saturated carbocycles. The molecule has 1 N–H and O–H groups in total. The second-order valence-corrected chi connectivity index (χ2v) is 4.43. The summed E-state index contributed by atoms with van der Waals surface area (Å²) in [5, 5.41) is 3.07. The molecule has 0 saturated heterocycles. The minimum absolute atomic E-state index is 0.0464. The molecule has 13 heavy (non-hydrogen) atoms. The van der Waals surface area contributed by atoms with Crippen LogP contribution in [0.2, 0.25) is 0 Å². The Morgan fingerprint density at radius 2 is 1.92 bits per heavy atom. The lowest BCUT2D eigenvalue weighted by Crippen LogP contribution is -2.45. The third-order valence-corrected chi connectivity index (χ3v) is 2.40. The van der Waals surface area contributed by atoms with E-state index in [4.69, 9.17) is 0 Å². The number of nitrogens with one attached hydrogen (secondary N) is 1. The van der Waals surface area contributed by atoms with E-state index in [-0.39, 0.29) is 17.4 Å². The summed E-state index contributed by atoms with van der Waals surface area (Å²) in [4.78, 5) is 11.6. The van der Waals surface area contributed by atoms with Crippen LogP contribution in [0.25, 0.3) is 0 Å². The summed E-state index contributed by atoms with van der Waals surface area (Å²) in [7, 11) is 0. The van der Waals surface area contributed by atoms with E-state index in [0.717, 1.165) is 19.3 Å². The summed E-state index contributed by atoms with van der Waals surface area (Å²) in [6, 6.07) is 0. The maximum absolute atomic E-state index is 11.6. The van der Waals surface area contributed by atoms with Crippen molar-refractivity contribution in [2.75, 3.05) is 0 Å². The van der Waals surface area contributed by atoms with Crippen molar-refractivity contribution in [1.29, 1.82) is 0 Å². The van der Waals surface area contributed by atoms with Gasteiger partial charge in [0.15, 0.2) is 0 Å². The van der Waals surface area contributed by atoms with Gasteiger partial charge in [-0.2, -0.15) is 0 Å². The lowest BCUT2D eigenvalue weighted by atomic mass is 9.97. The Morgan fingerprint density at radius 3 is 2.31 bits per heavy atom. The van der Waals surface area contributed by atoms with Crippen molar-refractivity contribution < 1.29 is 4.79 Å². The number of rotatable bonds is 5. The molecule has 0 aliphatic rings. The lowest BCUT2D eigenvalue weighted by molar-refractivity contribution is -0.126. The van der Waals surface area contributed by atoms with E-state index in [1.54, 1.807) is 0 Å². The fraction of sp³-hybridized carbons (Fsp3) is 0.909. The van der Waals surface area contributed by atoms with Crippen LogP contribution >= 0.6 is 0 Å². The Bertz CT molecular complexity index is 163. The second kappa shape index (κ2) is 5.25. The van der Waals surface area contributed by atoms with Gasteiger partial charge >= 0.3 is 0 Å². The van der Waals surface area contributed by atoms with Gasteiger partial charge in [-0.25, -0.2) is 0 Å². The standard InChI is InChI=1S/C11H23NO/c1-6-8-11(4,5)12-10(13)9(3)7-2/h9H,6-8H2,1-5H3,(H,12,13). The molecule has 0 rings (SSSR count). The van der Waals surface area contributed by atoms with Gasteiger partial charge in [-0.1, -0.05) is 27.2 Å².